The Kier molecular flexibility index (Phi) is 5.96. The van der Waals surface area contributed by atoms with Gasteiger partial charge in [-0.3, -0.25) is 4.57 Å². The van der Waals surface area contributed by atoms with E-state index < -0.39 is 0 Å². The van der Waals surface area contributed by atoms with Crippen LogP contribution in [0.2, 0.25) is 0 Å². The van der Waals surface area contributed by atoms with Gasteiger partial charge in [-0.15, -0.1) is 16.8 Å². The van der Waals surface area contributed by atoms with E-state index in [2.05, 4.69) is 27.4 Å². The topological polar surface area (TPSA) is 49.2 Å². The molecule has 1 aromatic heterocycles. The molecule has 0 N–H and O–H groups in total. The van der Waals surface area contributed by atoms with Crippen molar-refractivity contribution in [1.82, 2.24) is 14.8 Å². The van der Waals surface area contributed by atoms with Crippen molar-refractivity contribution in [3.8, 4) is 22.9 Å². The predicted molar refractivity (Wildman–Crippen MR) is 105 cm³/mol. The van der Waals surface area contributed by atoms with Crippen LogP contribution in [0.3, 0.4) is 0 Å². The molecule has 0 aliphatic heterocycles. The predicted octanol–water partition coefficient (Wildman–Crippen LogP) is 4.44. The molecule has 0 atom stereocenters. The molecule has 0 amide bonds. The highest BCUT2D eigenvalue weighted by Crippen LogP contribution is 2.28. The number of allylic oxidation sites excluding steroid dienone is 1. The van der Waals surface area contributed by atoms with Crippen molar-refractivity contribution in [2.75, 3.05) is 14.2 Å². The molecule has 3 rings (SSSR count). The standard InChI is InChI=1S/C20H21N3O2S/c1-4-12-23-19(16-8-10-17(24-2)11-9-16)21-22-20(23)26-14-15-6-5-7-18(13-15)25-3/h4-11,13H,1,12,14H2,2-3H3. The first-order valence-electron chi connectivity index (χ1n) is 8.19. The van der Waals surface area contributed by atoms with Crippen molar-refractivity contribution in [3.63, 3.8) is 0 Å². The molecular formula is C20H21N3O2S. The number of thioether (sulfide) groups is 1. The van der Waals surface area contributed by atoms with Gasteiger partial charge in [-0.1, -0.05) is 30.0 Å². The maximum Gasteiger partial charge on any atom is 0.192 e. The van der Waals surface area contributed by atoms with E-state index >= 15 is 0 Å². The second kappa shape index (κ2) is 8.58. The molecule has 134 valence electrons. The second-order valence-electron chi connectivity index (χ2n) is 5.57. The van der Waals surface area contributed by atoms with Gasteiger partial charge in [0.25, 0.3) is 0 Å². The third-order valence-corrected chi connectivity index (χ3v) is 4.92. The highest BCUT2D eigenvalue weighted by molar-refractivity contribution is 7.98. The average Bonchev–Trinajstić information content (AvgIpc) is 3.09. The van der Waals surface area contributed by atoms with Crippen LogP contribution < -0.4 is 9.47 Å². The lowest BCUT2D eigenvalue weighted by Gasteiger charge is -2.09. The van der Waals surface area contributed by atoms with Crippen molar-refractivity contribution in [3.05, 3.63) is 66.7 Å². The van der Waals surface area contributed by atoms with Gasteiger partial charge in [-0.25, -0.2) is 0 Å². The highest BCUT2D eigenvalue weighted by Gasteiger charge is 2.14. The van der Waals surface area contributed by atoms with Gasteiger partial charge in [0.05, 0.1) is 14.2 Å². The van der Waals surface area contributed by atoms with E-state index in [9.17, 15) is 0 Å². The van der Waals surface area contributed by atoms with Crippen LogP contribution >= 0.6 is 11.8 Å². The first kappa shape index (κ1) is 18.1. The molecular weight excluding hydrogens is 346 g/mol. The van der Waals surface area contributed by atoms with E-state index in [-0.39, 0.29) is 0 Å². The Labute approximate surface area is 157 Å². The summed E-state index contributed by atoms with van der Waals surface area (Å²) in [4.78, 5) is 0. The number of rotatable bonds is 8. The Morgan fingerprint density at radius 3 is 2.50 bits per heavy atom. The fourth-order valence-electron chi connectivity index (χ4n) is 2.55. The summed E-state index contributed by atoms with van der Waals surface area (Å²) in [6.07, 6.45) is 1.85. The van der Waals surface area contributed by atoms with Gasteiger partial charge in [-0.2, -0.15) is 0 Å². The lowest BCUT2D eigenvalue weighted by molar-refractivity contribution is 0.414. The summed E-state index contributed by atoms with van der Waals surface area (Å²) in [5.41, 5.74) is 2.17. The van der Waals surface area contributed by atoms with Crippen molar-refractivity contribution in [2.45, 2.75) is 17.5 Å². The molecule has 0 saturated heterocycles. The number of hydrogen-bond donors (Lipinski definition) is 0. The Balaban J connectivity index is 1.82. The fourth-order valence-corrected chi connectivity index (χ4v) is 3.44. The van der Waals surface area contributed by atoms with Crippen LogP contribution in [0.1, 0.15) is 5.56 Å². The minimum absolute atomic E-state index is 0.648. The number of methoxy groups -OCH3 is 2. The van der Waals surface area contributed by atoms with Crippen molar-refractivity contribution >= 4 is 11.8 Å². The Bertz CT molecular complexity index is 875. The average molecular weight is 367 g/mol. The molecule has 0 aliphatic rings. The van der Waals surface area contributed by atoms with Gasteiger partial charge in [-0.05, 0) is 42.0 Å². The van der Waals surface area contributed by atoms with Crippen molar-refractivity contribution in [1.29, 1.82) is 0 Å². The summed E-state index contributed by atoms with van der Waals surface area (Å²) in [5, 5.41) is 9.62. The third kappa shape index (κ3) is 4.08. The summed E-state index contributed by atoms with van der Waals surface area (Å²) >= 11 is 1.64. The van der Waals surface area contributed by atoms with Crippen LogP contribution in [0.15, 0.2) is 66.3 Å². The van der Waals surface area contributed by atoms with Gasteiger partial charge in [0.1, 0.15) is 11.5 Å². The maximum atomic E-state index is 5.28. The lowest BCUT2D eigenvalue weighted by atomic mass is 10.2. The molecule has 6 heteroatoms. The summed E-state index contributed by atoms with van der Waals surface area (Å²) in [6.45, 7) is 4.51. The smallest absolute Gasteiger partial charge is 0.192 e. The van der Waals surface area contributed by atoms with Crippen LogP contribution in [0, 0.1) is 0 Å². The van der Waals surface area contributed by atoms with Crippen LogP contribution in [-0.4, -0.2) is 29.0 Å². The molecule has 3 aromatic rings. The third-order valence-electron chi connectivity index (χ3n) is 3.88. The quantitative estimate of drug-likeness (QED) is 0.435. The minimum Gasteiger partial charge on any atom is -0.497 e. The van der Waals surface area contributed by atoms with Gasteiger partial charge in [0.15, 0.2) is 11.0 Å². The lowest BCUT2D eigenvalue weighted by Crippen LogP contribution is -2.00. The van der Waals surface area contributed by atoms with E-state index in [1.807, 2.05) is 48.5 Å². The summed E-state index contributed by atoms with van der Waals surface area (Å²) in [6, 6.07) is 15.9. The molecule has 0 spiro atoms. The Morgan fingerprint density at radius 1 is 1.04 bits per heavy atom. The normalized spacial score (nSPS) is 10.5. The van der Waals surface area contributed by atoms with Crippen LogP contribution in [0.5, 0.6) is 11.5 Å². The van der Waals surface area contributed by atoms with E-state index in [1.165, 1.54) is 5.56 Å². The van der Waals surface area contributed by atoms with Crippen molar-refractivity contribution in [2.24, 2.45) is 0 Å². The maximum absolute atomic E-state index is 5.28. The van der Waals surface area contributed by atoms with E-state index in [1.54, 1.807) is 26.0 Å². The molecule has 0 saturated carbocycles. The monoisotopic (exact) mass is 367 g/mol. The molecule has 0 aliphatic carbocycles. The molecule has 1 heterocycles. The molecule has 2 aromatic carbocycles. The summed E-state index contributed by atoms with van der Waals surface area (Å²) in [7, 11) is 3.33. The van der Waals surface area contributed by atoms with Gasteiger partial charge in [0.2, 0.25) is 0 Å². The largest absolute Gasteiger partial charge is 0.497 e. The second-order valence-corrected chi connectivity index (χ2v) is 6.52. The number of nitrogens with zero attached hydrogens (tertiary/aromatic N) is 3. The molecule has 5 nitrogen and oxygen atoms in total. The number of ether oxygens (including phenoxy) is 2. The minimum atomic E-state index is 0.648. The van der Waals surface area contributed by atoms with Gasteiger partial charge in [0, 0.05) is 17.9 Å². The Morgan fingerprint density at radius 2 is 1.81 bits per heavy atom. The molecule has 26 heavy (non-hydrogen) atoms. The van der Waals surface area contributed by atoms with Crippen LogP contribution in [0.4, 0.5) is 0 Å². The number of aromatic nitrogens is 3. The summed E-state index contributed by atoms with van der Waals surface area (Å²) < 4.78 is 12.6. The van der Waals surface area contributed by atoms with Crippen LogP contribution in [0.25, 0.3) is 11.4 Å². The zero-order valence-corrected chi connectivity index (χ0v) is 15.7. The molecule has 0 bridgehead atoms. The summed E-state index contributed by atoms with van der Waals surface area (Å²) in [5.74, 6) is 3.28. The SMILES string of the molecule is C=CCn1c(SCc2cccc(OC)c2)nnc1-c1ccc(OC)cc1. The van der Waals surface area contributed by atoms with E-state index in [0.717, 1.165) is 33.8 Å². The number of hydrogen-bond acceptors (Lipinski definition) is 5. The molecule has 0 radical (unpaired) electrons. The highest BCUT2D eigenvalue weighted by atomic mass is 32.2. The molecule has 0 unspecified atom stereocenters. The van der Waals surface area contributed by atoms with Crippen LogP contribution in [-0.2, 0) is 12.3 Å². The first-order valence-corrected chi connectivity index (χ1v) is 9.18. The molecule has 0 fully saturated rings. The first-order chi connectivity index (χ1) is 12.7. The van der Waals surface area contributed by atoms with E-state index in [0.29, 0.717) is 6.54 Å². The van der Waals surface area contributed by atoms with E-state index in [4.69, 9.17) is 9.47 Å². The zero-order valence-electron chi connectivity index (χ0n) is 14.9. The number of benzene rings is 2. The fraction of sp³-hybridized carbons (Fsp3) is 0.200. The van der Waals surface area contributed by atoms with Crippen molar-refractivity contribution < 1.29 is 9.47 Å². The van der Waals surface area contributed by atoms with Gasteiger partial charge < -0.3 is 9.47 Å². The van der Waals surface area contributed by atoms with Gasteiger partial charge >= 0.3 is 0 Å². The Hall–Kier alpha value is -2.73. The zero-order chi connectivity index (χ0) is 18.4.